The van der Waals surface area contributed by atoms with Crippen LogP contribution in [0.4, 0.5) is 0 Å². The van der Waals surface area contributed by atoms with Gasteiger partial charge in [-0.3, -0.25) is 0 Å². The van der Waals surface area contributed by atoms with Gasteiger partial charge in [0.1, 0.15) is 0 Å². The summed E-state index contributed by atoms with van der Waals surface area (Å²) in [5, 5.41) is 0. The van der Waals surface area contributed by atoms with E-state index in [-0.39, 0.29) is 5.41 Å². The van der Waals surface area contributed by atoms with Crippen molar-refractivity contribution in [2.24, 2.45) is 0 Å². The first kappa shape index (κ1) is 23.2. The summed E-state index contributed by atoms with van der Waals surface area (Å²) in [7, 11) is 0. The molecule has 0 saturated carbocycles. The zero-order valence-electron chi connectivity index (χ0n) is 22.0. The molecule has 0 spiro atoms. The van der Waals surface area contributed by atoms with Crippen molar-refractivity contribution in [3.8, 4) is 56.4 Å². The number of benzene rings is 5. The Labute approximate surface area is 228 Å². The van der Waals surface area contributed by atoms with E-state index in [4.69, 9.17) is 15.0 Å². The van der Waals surface area contributed by atoms with Crippen LogP contribution in [-0.4, -0.2) is 15.0 Å². The summed E-state index contributed by atoms with van der Waals surface area (Å²) in [4.78, 5) is 15.1. The second kappa shape index (κ2) is 9.14. The molecule has 186 valence electrons. The lowest BCUT2D eigenvalue weighted by molar-refractivity contribution is 0.660. The number of rotatable bonds is 4. The Hall–Kier alpha value is -4.89. The molecule has 0 atom stereocenters. The zero-order valence-corrected chi connectivity index (χ0v) is 22.0. The summed E-state index contributed by atoms with van der Waals surface area (Å²) in [5.41, 5.74) is 10.3. The van der Waals surface area contributed by atoms with Crippen molar-refractivity contribution in [1.82, 2.24) is 15.0 Å². The Balaban J connectivity index is 1.43. The van der Waals surface area contributed by atoms with Crippen molar-refractivity contribution >= 4 is 0 Å². The van der Waals surface area contributed by atoms with E-state index in [0.29, 0.717) is 17.5 Å². The third-order valence-electron chi connectivity index (χ3n) is 7.76. The van der Waals surface area contributed by atoms with Gasteiger partial charge in [0.15, 0.2) is 17.5 Å². The minimum Gasteiger partial charge on any atom is -0.208 e. The van der Waals surface area contributed by atoms with E-state index in [1.807, 2.05) is 30.3 Å². The van der Waals surface area contributed by atoms with Gasteiger partial charge < -0.3 is 0 Å². The number of hydrogen-bond donors (Lipinski definition) is 0. The molecule has 0 fully saturated rings. The van der Waals surface area contributed by atoms with Crippen LogP contribution < -0.4 is 0 Å². The zero-order chi connectivity index (χ0) is 26.4. The van der Waals surface area contributed by atoms with Crippen molar-refractivity contribution in [2.45, 2.75) is 19.3 Å². The molecule has 0 saturated heterocycles. The van der Waals surface area contributed by atoms with Gasteiger partial charge in [0.25, 0.3) is 0 Å². The molecule has 0 N–H and O–H groups in total. The Bertz CT molecular complexity index is 1820. The minimum absolute atomic E-state index is 0.0973. The quantitative estimate of drug-likeness (QED) is 0.242. The fourth-order valence-corrected chi connectivity index (χ4v) is 5.73. The van der Waals surface area contributed by atoms with E-state index in [9.17, 15) is 0 Å². The van der Waals surface area contributed by atoms with Crippen LogP contribution in [0.5, 0.6) is 0 Å². The molecule has 6 aromatic rings. The second-order valence-electron chi connectivity index (χ2n) is 10.5. The van der Waals surface area contributed by atoms with Crippen molar-refractivity contribution in [3.63, 3.8) is 0 Å². The maximum atomic E-state index is 5.09. The molecule has 7 rings (SSSR count). The molecule has 0 bridgehead atoms. The van der Waals surface area contributed by atoms with Crippen LogP contribution in [0, 0.1) is 0 Å². The SMILES string of the molecule is CC1(C)c2ccccc2-c2ccc(-c3nc(-c4ccccc4)nc(-c4ccccc4-c4ccccc4)n3)cc21. The molecule has 3 heteroatoms. The molecule has 0 radical (unpaired) electrons. The topological polar surface area (TPSA) is 38.7 Å². The van der Waals surface area contributed by atoms with Gasteiger partial charge in [-0.05, 0) is 39.4 Å². The normalized spacial score (nSPS) is 13.1. The van der Waals surface area contributed by atoms with Crippen LogP contribution in [-0.2, 0) is 5.41 Å². The molecule has 5 aromatic carbocycles. The predicted octanol–water partition coefficient (Wildman–Crippen LogP) is 8.85. The van der Waals surface area contributed by atoms with Crippen molar-refractivity contribution in [1.29, 1.82) is 0 Å². The average Bonchev–Trinajstić information content (AvgIpc) is 3.24. The van der Waals surface area contributed by atoms with Gasteiger partial charge in [0, 0.05) is 22.1 Å². The number of fused-ring (bicyclic) bond motifs is 3. The highest BCUT2D eigenvalue weighted by Crippen LogP contribution is 2.49. The number of nitrogens with zero attached hydrogens (tertiary/aromatic N) is 3. The van der Waals surface area contributed by atoms with Gasteiger partial charge in [-0.2, -0.15) is 0 Å². The molecule has 0 amide bonds. The molecular formula is C36H27N3. The van der Waals surface area contributed by atoms with Gasteiger partial charge in [0.2, 0.25) is 0 Å². The van der Waals surface area contributed by atoms with Crippen molar-refractivity contribution in [3.05, 3.63) is 139 Å². The van der Waals surface area contributed by atoms with Crippen LogP contribution >= 0.6 is 0 Å². The fraction of sp³-hybridized carbons (Fsp3) is 0.0833. The third-order valence-corrected chi connectivity index (χ3v) is 7.76. The Morgan fingerprint density at radius 2 is 0.897 bits per heavy atom. The lowest BCUT2D eigenvalue weighted by Gasteiger charge is -2.21. The van der Waals surface area contributed by atoms with Gasteiger partial charge in [-0.15, -0.1) is 0 Å². The Morgan fingerprint density at radius 3 is 1.62 bits per heavy atom. The van der Waals surface area contributed by atoms with E-state index in [1.165, 1.54) is 22.3 Å². The lowest BCUT2D eigenvalue weighted by atomic mass is 9.82. The molecule has 39 heavy (non-hydrogen) atoms. The van der Waals surface area contributed by atoms with Crippen molar-refractivity contribution in [2.75, 3.05) is 0 Å². The standard InChI is InChI=1S/C36H27N3/c1-36(2)31-20-12-11-18-28(31)29-22-21-26(23-32(29)36)34-37-33(25-15-7-4-8-16-25)38-35(39-34)30-19-10-9-17-27(30)24-13-5-3-6-14-24/h3-23H,1-2H3. The number of aromatic nitrogens is 3. The van der Waals surface area contributed by atoms with Gasteiger partial charge in [0.05, 0.1) is 0 Å². The summed E-state index contributed by atoms with van der Waals surface area (Å²) < 4.78 is 0. The van der Waals surface area contributed by atoms with Crippen LogP contribution in [0.2, 0.25) is 0 Å². The number of hydrogen-bond acceptors (Lipinski definition) is 3. The van der Waals surface area contributed by atoms with E-state index in [0.717, 1.165) is 27.8 Å². The summed E-state index contributed by atoms with van der Waals surface area (Å²) in [6.45, 7) is 4.59. The maximum Gasteiger partial charge on any atom is 0.164 e. The van der Waals surface area contributed by atoms with Gasteiger partial charge >= 0.3 is 0 Å². The molecule has 1 heterocycles. The fourth-order valence-electron chi connectivity index (χ4n) is 5.73. The summed E-state index contributed by atoms with van der Waals surface area (Å²) >= 11 is 0. The Morgan fingerprint density at radius 1 is 0.385 bits per heavy atom. The molecule has 1 aliphatic carbocycles. The van der Waals surface area contributed by atoms with E-state index in [2.05, 4.69) is 111 Å². The van der Waals surface area contributed by atoms with Crippen LogP contribution in [0.3, 0.4) is 0 Å². The first-order valence-corrected chi connectivity index (χ1v) is 13.3. The lowest BCUT2D eigenvalue weighted by Crippen LogP contribution is -2.15. The van der Waals surface area contributed by atoms with Crippen molar-refractivity contribution < 1.29 is 0 Å². The van der Waals surface area contributed by atoms with E-state index >= 15 is 0 Å². The first-order valence-electron chi connectivity index (χ1n) is 13.3. The first-order chi connectivity index (χ1) is 19.1. The highest BCUT2D eigenvalue weighted by Gasteiger charge is 2.35. The van der Waals surface area contributed by atoms with Crippen LogP contribution in [0.15, 0.2) is 127 Å². The largest absolute Gasteiger partial charge is 0.208 e. The summed E-state index contributed by atoms with van der Waals surface area (Å²) in [6.07, 6.45) is 0. The van der Waals surface area contributed by atoms with Crippen LogP contribution in [0.1, 0.15) is 25.0 Å². The van der Waals surface area contributed by atoms with Gasteiger partial charge in [-0.1, -0.05) is 135 Å². The monoisotopic (exact) mass is 501 g/mol. The summed E-state index contributed by atoms with van der Waals surface area (Å²) in [5.74, 6) is 2.01. The molecule has 3 nitrogen and oxygen atoms in total. The smallest absolute Gasteiger partial charge is 0.164 e. The van der Waals surface area contributed by atoms with Gasteiger partial charge in [-0.25, -0.2) is 15.0 Å². The Kier molecular flexibility index (Phi) is 5.45. The van der Waals surface area contributed by atoms with E-state index in [1.54, 1.807) is 0 Å². The average molecular weight is 502 g/mol. The molecule has 0 aliphatic heterocycles. The summed E-state index contributed by atoms with van der Waals surface area (Å²) in [6, 6.07) is 44.2. The predicted molar refractivity (Wildman–Crippen MR) is 159 cm³/mol. The highest BCUT2D eigenvalue weighted by molar-refractivity contribution is 5.84. The third kappa shape index (κ3) is 3.95. The second-order valence-corrected chi connectivity index (χ2v) is 10.5. The maximum absolute atomic E-state index is 5.09. The minimum atomic E-state index is -0.0973. The highest BCUT2D eigenvalue weighted by atomic mass is 15.0. The molecule has 1 aliphatic rings. The van der Waals surface area contributed by atoms with E-state index < -0.39 is 0 Å². The molecule has 0 unspecified atom stereocenters. The van der Waals surface area contributed by atoms with Crippen LogP contribution in [0.25, 0.3) is 56.4 Å². The molecular weight excluding hydrogens is 474 g/mol. The molecule has 1 aromatic heterocycles.